The Hall–Kier alpha value is 0.310. The van der Waals surface area contributed by atoms with Crippen molar-refractivity contribution in [2.45, 2.75) is 45.0 Å². The Bertz CT molecular complexity index is 226. The van der Waals surface area contributed by atoms with Gasteiger partial charge in [-0.15, -0.1) is 0 Å². The van der Waals surface area contributed by atoms with Crippen molar-refractivity contribution in [2.24, 2.45) is 16.7 Å². The monoisotopic (exact) mass is 201 g/mol. The largest absolute Gasteiger partial charge is 0.387 e. The van der Waals surface area contributed by atoms with Gasteiger partial charge in [0, 0.05) is 11.3 Å². The maximum Gasteiger partial charge on any atom is 0.145 e. The zero-order valence-corrected chi connectivity index (χ0v) is 9.94. The van der Waals surface area contributed by atoms with Gasteiger partial charge in [-0.2, -0.15) is 0 Å². The Balaban J connectivity index is 2.39. The third kappa shape index (κ3) is 0.940. The van der Waals surface area contributed by atoms with Gasteiger partial charge in [0.2, 0.25) is 0 Å². The molecule has 2 aliphatic carbocycles. The van der Waals surface area contributed by atoms with Gasteiger partial charge in [0.25, 0.3) is 0 Å². The Labute approximate surface area is 85.3 Å². The summed E-state index contributed by atoms with van der Waals surface area (Å²) in [4.78, 5) is 0. The third-order valence-corrected chi connectivity index (χ3v) is 6.30. The summed E-state index contributed by atoms with van der Waals surface area (Å²) < 4.78 is 0. The first kappa shape index (κ1) is 9.85. The molecule has 0 heterocycles. The van der Waals surface area contributed by atoms with E-state index >= 15 is 0 Å². The van der Waals surface area contributed by atoms with Crippen molar-refractivity contribution in [3.8, 4) is 0 Å². The molecule has 2 rings (SSSR count). The summed E-state index contributed by atoms with van der Waals surface area (Å²) in [5, 5.41) is 10.8. The lowest BCUT2D eigenvalue weighted by molar-refractivity contribution is 0.0147. The van der Waals surface area contributed by atoms with Crippen LogP contribution >= 0.6 is 0 Å². The van der Waals surface area contributed by atoms with E-state index in [1.54, 1.807) is 0 Å². The molecular weight excluding hydrogens is 180 g/mol. The first-order valence-corrected chi connectivity index (χ1v) is 6.63. The van der Waals surface area contributed by atoms with E-state index in [4.69, 9.17) is 0 Å². The molecule has 1 nitrogen and oxygen atoms in total. The number of fused-ring (bicyclic) bond motifs is 2. The van der Waals surface area contributed by atoms with Crippen molar-refractivity contribution in [3.05, 3.63) is 0 Å². The van der Waals surface area contributed by atoms with Gasteiger partial charge in [0.1, 0.15) is 11.4 Å². The lowest BCUT2D eigenvalue weighted by atomic mass is 9.70. The average molecular weight is 201 g/mol. The molecule has 13 heavy (non-hydrogen) atoms. The van der Waals surface area contributed by atoms with E-state index < -0.39 is 0 Å². The van der Waals surface area contributed by atoms with Crippen molar-refractivity contribution in [3.63, 3.8) is 0 Å². The molecule has 2 bridgehead atoms. The zero-order chi connectivity index (χ0) is 9.85. The van der Waals surface area contributed by atoms with Crippen LogP contribution in [0.5, 0.6) is 0 Å². The van der Waals surface area contributed by atoms with Gasteiger partial charge in [0.05, 0.1) is 6.26 Å². The van der Waals surface area contributed by atoms with E-state index in [9.17, 15) is 5.11 Å². The summed E-state index contributed by atoms with van der Waals surface area (Å²) in [6.45, 7) is 6.97. The van der Waals surface area contributed by atoms with E-state index in [0.717, 1.165) is 5.92 Å². The Kier molecular flexibility index (Phi) is 2.02. The molecule has 4 unspecified atom stereocenters. The van der Waals surface area contributed by atoms with Crippen molar-refractivity contribution >= 4 is 11.8 Å². The second kappa shape index (κ2) is 2.66. The normalized spacial score (nSPS) is 52.8. The highest BCUT2D eigenvalue weighted by Gasteiger charge is 2.68. The van der Waals surface area contributed by atoms with E-state index in [1.165, 1.54) is 24.6 Å². The molecule has 2 fully saturated rings. The summed E-state index contributed by atoms with van der Waals surface area (Å²) >= 11 is 1.38. The molecule has 0 amide bonds. The molecule has 0 aromatic rings. The SMILES string of the molecule is C[SH+]C1C2CCC(C)(C1O)C2(C)C. The fraction of sp³-hybridized carbons (Fsp3) is 1.00. The van der Waals surface area contributed by atoms with Crippen LogP contribution in [0.2, 0.25) is 0 Å². The fourth-order valence-electron chi connectivity index (χ4n) is 3.61. The van der Waals surface area contributed by atoms with Crippen molar-refractivity contribution in [2.75, 3.05) is 6.26 Å². The maximum absolute atomic E-state index is 10.3. The minimum Gasteiger partial charge on any atom is -0.387 e. The van der Waals surface area contributed by atoms with Gasteiger partial charge >= 0.3 is 0 Å². The minimum absolute atomic E-state index is 0.0621. The average Bonchev–Trinajstić information content (AvgIpc) is 2.36. The molecule has 0 spiro atoms. The molecule has 76 valence electrons. The van der Waals surface area contributed by atoms with Gasteiger partial charge in [-0.1, -0.05) is 20.8 Å². The van der Waals surface area contributed by atoms with Crippen LogP contribution in [-0.4, -0.2) is 22.7 Å². The van der Waals surface area contributed by atoms with Crippen LogP contribution in [0.1, 0.15) is 33.6 Å². The first-order valence-electron chi connectivity index (χ1n) is 5.22. The predicted molar refractivity (Wildman–Crippen MR) is 59.1 cm³/mol. The Morgan fingerprint density at radius 1 is 1.31 bits per heavy atom. The molecule has 0 saturated heterocycles. The molecule has 0 aromatic heterocycles. The Morgan fingerprint density at radius 3 is 2.23 bits per heavy atom. The van der Waals surface area contributed by atoms with Gasteiger partial charge < -0.3 is 5.11 Å². The number of aliphatic hydroxyl groups is 1. The lowest BCUT2D eigenvalue weighted by Crippen LogP contribution is -2.40. The number of hydrogen-bond donors (Lipinski definition) is 1. The Morgan fingerprint density at radius 2 is 1.92 bits per heavy atom. The van der Waals surface area contributed by atoms with Gasteiger partial charge in [-0.05, 0) is 30.0 Å². The molecule has 2 heteroatoms. The van der Waals surface area contributed by atoms with Crippen LogP contribution in [0.25, 0.3) is 0 Å². The topological polar surface area (TPSA) is 20.2 Å². The predicted octanol–water partition coefficient (Wildman–Crippen LogP) is 1.62. The second-order valence-electron chi connectivity index (χ2n) is 5.48. The highest BCUT2D eigenvalue weighted by Crippen LogP contribution is 2.65. The van der Waals surface area contributed by atoms with Crippen LogP contribution in [0.15, 0.2) is 0 Å². The van der Waals surface area contributed by atoms with Crippen molar-refractivity contribution in [1.29, 1.82) is 0 Å². The van der Waals surface area contributed by atoms with Crippen LogP contribution < -0.4 is 0 Å². The minimum atomic E-state index is -0.0621. The van der Waals surface area contributed by atoms with E-state index in [2.05, 4.69) is 27.0 Å². The number of rotatable bonds is 1. The molecule has 0 aliphatic heterocycles. The van der Waals surface area contributed by atoms with Gasteiger partial charge in [-0.25, -0.2) is 0 Å². The zero-order valence-electron chi connectivity index (χ0n) is 9.04. The quantitative estimate of drug-likeness (QED) is 0.505. The lowest BCUT2D eigenvalue weighted by Gasteiger charge is -2.36. The van der Waals surface area contributed by atoms with Crippen LogP contribution in [-0.2, 0) is 11.8 Å². The van der Waals surface area contributed by atoms with E-state index in [-0.39, 0.29) is 11.5 Å². The number of aliphatic hydroxyl groups excluding tert-OH is 1. The van der Waals surface area contributed by atoms with E-state index in [1.807, 2.05) is 0 Å². The molecule has 0 radical (unpaired) electrons. The summed E-state index contributed by atoms with van der Waals surface area (Å²) in [5.74, 6) is 0.749. The molecule has 2 saturated carbocycles. The fourth-order valence-corrected chi connectivity index (χ4v) is 5.10. The van der Waals surface area contributed by atoms with Gasteiger partial charge in [-0.3, -0.25) is 0 Å². The van der Waals surface area contributed by atoms with Crippen molar-refractivity contribution < 1.29 is 5.11 Å². The smallest absolute Gasteiger partial charge is 0.145 e. The van der Waals surface area contributed by atoms with E-state index in [0.29, 0.717) is 10.7 Å². The molecule has 4 atom stereocenters. The summed E-state index contributed by atoms with van der Waals surface area (Å²) in [7, 11) is 0. The molecule has 2 aliphatic rings. The highest BCUT2D eigenvalue weighted by atomic mass is 32.2. The molecular formula is C11H21OS+. The number of thiol groups is 1. The first-order chi connectivity index (χ1) is 5.95. The highest BCUT2D eigenvalue weighted by molar-refractivity contribution is 7.78. The number of hydrogen-bond acceptors (Lipinski definition) is 1. The van der Waals surface area contributed by atoms with Crippen molar-refractivity contribution in [1.82, 2.24) is 0 Å². The second-order valence-corrected chi connectivity index (χ2v) is 6.59. The third-order valence-electron chi connectivity index (χ3n) is 5.06. The van der Waals surface area contributed by atoms with Crippen LogP contribution in [0, 0.1) is 16.7 Å². The molecule has 1 N–H and O–H groups in total. The summed E-state index contributed by atoms with van der Waals surface area (Å²) in [6.07, 6.45) is 4.67. The van der Waals surface area contributed by atoms with Crippen LogP contribution in [0.3, 0.4) is 0 Å². The van der Waals surface area contributed by atoms with Crippen LogP contribution in [0.4, 0.5) is 0 Å². The summed E-state index contributed by atoms with van der Waals surface area (Å²) in [5.41, 5.74) is 0.533. The van der Waals surface area contributed by atoms with Gasteiger partial charge in [0.15, 0.2) is 0 Å². The standard InChI is InChI=1S/C11H20OS/c1-10(2)7-5-6-11(10,3)9(12)8(7)13-4/h7-9,12H,5-6H2,1-4H3/p+1. The maximum atomic E-state index is 10.3. The molecule has 0 aromatic carbocycles. The summed E-state index contributed by atoms with van der Waals surface area (Å²) in [6, 6.07) is 0.